The molecule has 0 spiro atoms. The number of aromatic amines is 1. The number of methoxy groups -OCH3 is 2. The van der Waals surface area contributed by atoms with Crippen LogP contribution in [0.25, 0.3) is 0 Å². The summed E-state index contributed by atoms with van der Waals surface area (Å²) in [4.78, 5) is 39.3. The molecule has 1 atom stereocenters. The van der Waals surface area contributed by atoms with Gasteiger partial charge in [-0.25, -0.2) is 9.59 Å². The summed E-state index contributed by atoms with van der Waals surface area (Å²) in [6, 6.07) is 7.24. The highest BCUT2D eigenvalue weighted by molar-refractivity contribution is 5.99. The molecule has 0 unspecified atom stereocenters. The standard InChI is InChI=1S/C20H24N2O6/c1-11-16(19(24)27-5)12(2)22-17(11)20(25)28-13(3)18(23)21-10-14-6-8-15(26-4)9-7-14/h6-9,13,22H,10H2,1-5H3,(H,21,23)/t13-/m1/s1. The number of aromatic nitrogens is 1. The van der Waals surface area contributed by atoms with Gasteiger partial charge in [0.05, 0.1) is 19.8 Å². The summed E-state index contributed by atoms with van der Waals surface area (Å²) < 4.78 is 15.0. The molecule has 0 saturated carbocycles. The van der Waals surface area contributed by atoms with Crippen molar-refractivity contribution in [2.24, 2.45) is 0 Å². The zero-order chi connectivity index (χ0) is 20.8. The molecular weight excluding hydrogens is 364 g/mol. The summed E-state index contributed by atoms with van der Waals surface area (Å²) >= 11 is 0. The number of H-pyrrole nitrogens is 1. The normalized spacial score (nSPS) is 11.5. The van der Waals surface area contributed by atoms with Crippen molar-refractivity contribution >= 4 is 17.8 Å². The van der Waals surface area contributed by atoms with Gasteiger partial charge in [0.15, 0.2) is 6.10 Å². The summed E-state index contributed by atoms with van der Waals surface area (Å²) in [6.45, 7) is 5.03. The molecule has 1 amide bonds. The number of amides is 1. The highest BCUT2D eigenvalue weighted by Crippen LogP contribution is 2.20. The lowest BCUT2D eigenvalue weighted by atomic mass is 10.1. The minimum atomic E-state index is -1.00. The maximum atomic E-state index is 12.4. The number of carbonyl (C=O) groups is 3. The van der Waals surface area contributed by atoms with E-state index in [2.05, 4.69) is 10.3 Å². The van der Waals surface area contributed by atoms with E-state index in [9.17, 15) is 14.4 Å². The van der Waals surface area contributed by atoms with E-state index in [1.807, 2.05) is 12.1 Å². The number of nitrogens with one attached hydrogen (secondary N) is 2. The van der Waals surface area contributed by atoms with E-state index in [1.165, 1.54) is 14.0 Å². The van der Waals surface area contributed by atoms with Crippen LogP contribution in [0.15, 0.2) is 24.3 Å². The molecule has 8 heteroatoms. The quantitative estimate of drug-likeness (QED) is 0.705. The van der Waals surface area contributed by atoms with E-state index in [-0.39, 0.29) is 17.8 Å². The zero-order valence-corrected chi connectivity index (χ0v) is 16.5. The fourth-order valence-electron chi connectivity index (χ4n) is 2.71. The molecule has 0 fully saturated rings. The van der Waals surface area contributed by atoms with Crippen LogP contribution in [0.1, 0.15) is 44.6 Å². The Morgan fingerprint density at radius 3 is 2.29 bits per heavy atom. The first-order chi connectivity index (χ1) is 13.3. The number of hydrogen-bond donors (Lipinski definition) is 2. The van der Waals surface area contributed by atoms with Gasteiger partial charge in [-0.2, -0.15) is 0 Å². The molecule has 2 aromatic rings. The van der Waals surface area contributed by atoms with Gasteiger partial charge >= 0.3 is 11.9 Å². The van der Waals surface area contributed by atoms with E-state index in [1.54, 1.807) is 33.1 Å². The maximum absolute atomic E-state index is 12.4. The third-order valence-corrected chi connectivity index (χ3v) is 4.31. The Morgan fingerprint density at radius 2 is 1.71 bits per heavy atom. The SMILES string of the molecule is COC(=O)c1c(C)[nH]c(C(=O)O[C@H](C)C(=O)NCc2ccc(OC)cc2)c1C. The van der Waals surface area contributed by atoms with Crippen molar-refractivity contribution in [2.75, 3.05) is 14.2 Å². The predicted molar refractivity (Wildman–Crippen MR) is 101 cm³/mol. The topological polar surface area (TPSA) is 107 Å². The zero-order valence-electron chi connectivity index (χ0n) is 16.5. The van der Waals surface area contributed by atoms with Gasteiger partial charge in [-0.15, -0.1) is 0 Å². The Kier molecular flexibility index (Phi) is 6.81. The van der Waals surface area contributed by atoms with Crippen molar-refractivity contribution in [2.45, 2.75) is 33.4 Å². The average molecular weight is 388 g/mol. The second-order valence-corrected chi connectivity index (χ2v) is 6.23. The van der Waals surface area contributed by atoms with Gasteiger partial charge in [-0.3, -0.25) is 4.79 Å². The van der Waals surface area contributed by atoms with Crippen molar-refractivity contribution in [3.05, 3.63) is 52.3 Å². The molecule has 150 valence electrons. The van der Waals surface area contributed by atoms with Crippen molar-refractivity contribution in [3.8, 4) is 5.75 Å². The highest BCUT2D eigenvalue weighted by atomic mass is 16.5. The molecule has 0 aliphatic rings. The van der Waals surface area contributed by atoms with Crippen molar-refractivity contribution < 1.29 is 28.6 Å². The second-order valence-electron chi connectivity index (χ2n) is 6.23. The Morgan fingerprint density at radius 1 is 1.07 bits per heavy atom. The van der Waals surface area contributed by atoms with Gasteiger partial charge in [0.25, 0.3) is 5.91 Å². The summed E-state index contributed by atoms with van der Waals surface area (Å²) in [5.41, 5.74) is 2.19. The minimum absolute atomic E-state index is 0.118. The molecule has 28 heavy (non-hydrogen) atoms. The van der Waals surface area contributed by atoms with Gasteiger partial charge < -0.3 is 24.5 Å². The lowest BCUT2D eigenvalue weighted by Gasteiger charge is -2.13. The van der Waals surface area contributed by atoms with Gasteiger partial charge in [0, 0.05) is 12.2 Å². The molecule has 0 radical (unpaired) electrons. The van der Waals surface area contributed by atoms with Gasteiger partial charge in [0.2, 0.25) is 0 Å². The maximum Gasteiger partial charge on any atom is 0.355 e. The van der Waals surface area contributed by atoms with Crippen molar-refractivity contribution in [3.63, 3.8) is 0 Å². The first-order valence-corrected chi connectivity index (χ1v) is 8.67. The van der Waals surface area contributed by atoms with Crippen LogP contribution in [0, 0.1) is 13.8 Å². The van der Waals surface area contributed by atoms with Crippen molar-refractivity contribution in [1.82, 2.24) is 10.3 Å². The number of benzene rings is 1. The Labute approximate surface area is 163 Å². The molecule has 0 bridgehead atoms. The lowest BCUT2D eigenvalue weighted by Crippen LogP contribution is -2.35. The molecule has 0 saturated heterocycles. The van der Waals surface area contributed by atoms with Crippen LogP contribution in [0.3, 0.4) is 0 Å². The Balaban J connectivity index is 1.97. The third-order valence-electron chi connectivity index (χ3n) is 4.31. The smallest absolute Gasteiger partial charge is 0.355 e. The van der Waals surface area contributed by atoms with Crippen molar-refractivity contribution in [1.29, 1.82) is 0 Å². The molecule has 0 aliphatic heterocycles. The Bertz CT molecular complexity index is 870. The summed E-state index contributed by atoms with van der Waals surface area (Å²) in [5, 5.41) is 2.71. The average Bonchev–Trinajstić information content (AvgIpc) is 3.00. The van der Waals surface area contributed by atoms with Crippen LogP contribution in [-0.4, -0.2) is 43.2 Å². The molecule has 1 heterocycles. The predicted octanol–water partition coefficient (Wildman–Crippen LogP) is 2.29. The van der Waals surface area contributed by atoms with Crippen LogP contribution in [0.4, 0.5) is 0 Å². The number of hydrogen-bond acceptors (Lipinski definition) is 6. The van der Waals surface area contributed by atoms with E-state index >= 15 is 0 Å². The summed E-state index contributed by atoms with van der Waals surface area (Å²) in [7, 11) is 2.84. The minimum Gasteiger partial charge on any atom is -0.497 e. The number of rotatable bonds is 7. The van der Waals surface area contributed by atoms with Crippen LogP contribution in [0.5, 0.6) is 5.75 Å². The van der Waals surface area contributed by atoms with Gasteiger partial charge in [-0.05, 0) is 44.0 Å². The van der Waals surface area contributed by atoms with Crippen LogP contribution in [0.2, 0.25) is 0 Å². The fourth-order valence-corrected chi connectivity index (χ4v) is 2.71. The second kappa shape index (κ2) is 9.07. The molecular formula is C20H24N2O6. The van der Waals surface area contributed by atoms with Gasteiger partial charge in [0.1, 0.15) is 11.4 Å². The third kappa shape index (κ3) is 4.70. The highest BCUT2D eigenvalue weighted by Gasteiger charge is 2.26. The van der Waals surface area contributed by atoms with Crippen LogP contribution in [-0.2, 0) is 20.8 Å². The number of aryl methyl sites for hydroxylation is 1. The molecule has 1 aromatic carbocycles. The van der Waals surface area contributed by atoms with Crippen LogP contribution >= 0.6 is 0 Å². The van der Waals surface area contributed by atoms with Crippen LogP contribution < -0.4 is 10.1 Å². The molecule has 0 aliphatic carbocycles. The largest absolute Gasteiger partial charge is 0.497 e. The molecule has 1 aromatic heterocycles. The lowest BCUT2D eigenvalue weighted by molar-refractivity contribution is -0.129. The van der Waals surface area contributed by atoms with E-state index in [4.69, 9.17) is 14.2 Å². The number of carbonyl (C=O) groups excluding carboxylic acids is 3. The summed E-state index contributed by atoms with van der Waals surface area (Å²) in [5.74, 6) is -0.975. The molecule has 8 nitrogen and oxygen atoms in total. The first-order valence-electron chi connectivity index (χ1n) is 8.67. The number of esters is 2. The molecule has 2 N–H and O–H groups in total. The number of ether oxygens (including phenoxy) is 3. The first kappa shape index (κ1) is 21.0. The van der Waals surface area contributed by atoms with E-state index in [0.29, 0.717) is 11.3 Å². The Hall–Kier alpha value is -3.29. The van der Waals surface area contributed by atoms with Gasteiger partial charge in [-0.1, -0.05) is 12.1 Å². The monoisotopic (exact) mass is 388 g/mol. The van der Waals surface area contributed by atoms with E-state index < -0.39 is 23.9 Å². The molecule has 2 rings (SSSR count). The fraction of sp³-hybridized carbons (Fsp3) is 0.350. The summed E-state index contributed by atoms with van der Waals surface area (Å²) in [6.07, 6.45) is -1.00. The van der Waals surface area contributed by atoms with E-state index in [0.717, 1.165) is 11.3 Å².